The van der Waals surface area contributed by atoms with Crippen molar-refractivity contribution in [3.05, 3.63) is 0 Å². The van der Waals surface area contributed by atoms with Crippen molar-refractivity contribution in [2.75, 3.05) is 0 Å². The number of aliphatic carboxylic acids is 1. The number of amides is 2. The van der Waals surface area contributed by atoms with Gasteiger partial charge in [0.1, 0.15) is 0 Å². The van der Waals surface area contributed by atoms with E-state index in [-0.39, 0.29) is 23.9 Å². The van der Waals surface area contributed by atoms with Crippen LogP contribution in [0, 0.1) is 11.3 Å². The molecule has 5 nitrogen and oxygen atoms in total. The molecule has 2 amide bonds. The molecular formula is C16H32N2O3. The fraction of sp³-hybridized carbons (Fsp3) is 0.875. The molecule has 2 atom stereocenters. The molecule has 0 saturated heterocycles. The quantitative estimate of drug-likeness (QED) is 0.643. The van der Waals surface area contributed by atoms with Crippen LogP contribution >= 0.6 is 0 Å². The number of carbonyl (C=O) groups excluding carboxylic acids is 1. The maximum absolute atomic E-state index is 12.0. The van der Waals surface area contributed by atoms with Crippen LogP contribution in [0.2, 0.25) is 0 Å². The molecule has 0 rings (SSSR count). The van der Waals surface area contributed by atoms with E-state index in [0.717, 1.165) is 19.3 Å². The number of urea groups is 1. The third-order valence-corrected chi connectivity index (χ3v) is 3.53. The van der Waals surface area contributed by atoms with Gasteiger partial charge in [-0.2, -0.15) is 0 Å². The van der Waals surface area contributed by atoms with E-state index < -0.39 is 12.0 Å². The van der Waals surface area contributed by atoms with Crippen LogP contribution in [0.15, 0.2) is 0 Å². The average Bonchev–Trinajstić information content (AvgIpc) is 2.25. The zero-order valence-electron chi connectivity index (χ0n) is 14.3. The summed E-state index contributed by atoms with van der Waals surface area (Å²) < 4.78 is 0. The molecule has 0 spiro atoms. The standard InChI is InChI=1S/C16H32N2O3/c1-11(2)8-7-9-12(3)17-15(21)18-13(10-14(19)20)16(4,5)6/h11-13H,7-10H2,1-6H3,(H,19,20)(H2,17,18,21). The molecule has 3 N–H and O–H groups in total. The predicted octanol–water partition coefficient (Wildman–Crippen LogP) is 3.39. The minimum Gasteiger partial charge on any atom is -0.481 e. The van der Waals surface area contributed by atoms with Crippen LogP contribution in [0.4, 0.5) is 4.79 Å². The molecule has 0 radical (unpaired) electrons. The lowest BCUT2D eigenvalue weighted by molar-refractivity contribution is -0.138. The number of rotatable bonds is 8. The predicted molar refractivity (Wildman–Crippen MR) is 85.3 cm³/mol. The van der Waals surface area contributed by atoms with Gasteiger partial charge >= 0.3 is 12.0 Å². The summed E-state index contributed by atoms with van der Waals surface area (Å²) in [6.45, 7) is 12.1. The van der Waals surface area contributed by atoms with Gasteiger partial charge in [-0.15, -0.1) is 0 Å². The first-order valence-corrected chi connectivity index (χ1v) is 7.81. The molecule has 0 aromatic carbocycles. The summed E-state index contributed by atoms with van der Waals surface area (Å²) in [5.41, 5.74) is -0.295. The SMILES string of the molecule is CC(C)CCCC(C)NC(=O)NC(CC(=O)O)C(C)(C)C. The Morgan fingerprint density at radius 1 is 1.05 bits per heavy atom. The van der Waals surface area contributed by atoms with E-state index in [0.29, 0.717) is 5.92 Å². The number of hydrogen-bond donors (Lipinski definition) is 3. The Hall–Kier alpha value is -1.26. The van der Waals surface area contributed by atoms with Crippen LogP contribution in [0.5, 0.6) is 0 Å². The van der Waals surface area contributed by atoms with Gasteiger partial charge in [-0.1, -0.05) is 47.5 Å². The minimum absolute atomic E-state index is 0.0708. The second-order valence-electron chi connectivity index (χ2n) is 7.36. The van der Waals surface area contributed by atoms with Crippen molar-refractivity contribution in [2.45, 2.75) is 79.3 Å². The molecule has 0 bridgehead atoms. The topological polar surface area (TPSA) is 78.4 Å². The molecule has 0 aliphatic heterocycles. The summed E-state index contributed by atoms with van der Waals surface area (Å²) in [6.07, 6.45) is 3.09. The van der Waals surface area contributed by atoms with Crippen LogP contribution in [0.3, 0.4) is 0 Å². The number of hydrogen-bond acceptors (Lipinski definition) is 2. The molecule has 0 aromatic heterocycles. The molecule has 0 heterocycles. The second kappa shape index (κ2) is 8.90. The average molecular weight is 300 g/mol. The third-order valence-electron chi connectivity index (χ3n) is 3.53. The third kappa shape index (κ3) is 10.2. The van der Waals surface area contributed by atoms with Crippen molar-refractivity contribution in [3.63, 3.8) is 0 Å². The molecular weight excluding hydrogens is 268 g/mol. The minimum atomic E-state index is -0.903. The Labute approximate surface area is 128 Å². The lowest BCUT2D eigenvalue weighted by Crippen LogP contribution is -2.50. The maximum Gasteiger partial charge on any atom is 0.315 e. The lowest BCUT2D eigenvalue weighted by atomic mass is 9.85. The van der Waals surface area contributed by atoms with E-state index in [1.165, 1.54) is 0 Å². The van der Waals surface area contributed by atoms with E-state index in [1.54, 1.807) is 0 Å². The van der Waals surface area contributed by atoms with Gasteiger partial charge in [0.25, 0.3) is 0 Å². The largest absolute Gasteiger partial charge is 0.481 e. The monoisotopic (exact) mass is 300 g/mol. The van der Waals surface area contributed by atoms with Crippen molar-refractivity contribution in [3.8, 4) is 0 Å². The van der Waals surface area contributed by atoms with E-state index >= 15 is 0 Å². The second-order valence-corrected chi connectivity index (χ2v) is 7.36. The number of carboxylic acids is 1. The summed E-state index contributed by atoms with van der Waals surface area (Å²) in [5.74, 6) is -0.230. The Kier molecular flexibility index (Phi) is 8.37. The Balaban J connectivity index is 4.27. The first-order valence-electron chi connectivity index (χ1n) is 7.81. The van der Waals surface area contributed by atoms with E-state index in [1.807, 2.05) is 27.7 Å². The maximum atomic E-state index is 12.0. The molecule has 5 heteroatoms. The summed E-state index contributed by atoms with van der Waals surface area (Å²) in [4.78, 5) is 22.9. The molecule has 0 saturated carbocycles. The molecule has 0 aliphatic carbocycles. The van der Waals surface area contributed by atoms with E-state index in [4.69, 9.17) is 5.11 Å². The van der Waals surface area contributed by atoms with Crippen molar-refractivity contribution in [1.29, 1.82) is 0 Å². The molecule has 21 heavy (non-hydrogen) atoms. The highest BCUT2D eigenvalue weighted by Gasteiger charge is 2.28. The first-order chi connectivity index (χ1) is 9.52. The van der Waals surface area contributed by atoms with Gasteiger partial charge in [-0.25, -0.2) is 4.79 Å². The van der Waals surface area contributed by atoms with Crippen LogP contribution in [0.25, 0.3) is 0 Å². The van der Waals surface area contributed by atoms with Gasteiger partial charge in [0.05, 0.1) is 6.42 Å². The van der Waals surface area contributed by atoms with Gasteiger partial charge in [-0.05, 0) is 24.7 Å². The van der Waals surface area contributed by atoms with Gasteiger partial charge in [0, 0.05) is 12.1 Å². The Morgan fingerprint density at radius 3 is 2.05 bits per heavy atom. The summed E-state index contributed by atoms with van der Waals surface area (Å²) in [5, 5.41) is 14.6. The van der Waals surface area contributed by atoms with Gasteiger partial charge < -0.3 is 15.7 Å². The van der Waals surface area contributed by atoms with Gasteiger partial charge in [0.2, 0.25) is 0 Å². The lowest BCUT2D eigenvalue weighted by Gasteiger charge is -2.31. The van der Waals surface area contributed by atoms with Gasteiger partial charge in [-0.3, -0.25) is 4.79 Å². The van der Waals surface area contributed by atoms with Gasteiger partial charge in [0.15, 0.2) is 0 Å². The highest BCUT2D eigenvalue weighted by Crippen LogP contribution is 2.21. The fourth-order valence-corrected chi connectivity index (χ4v) is 2.08. The molecule has 2 unspecified atom stereocenters. The molecule has 0 aliphatic rings. The molecule has 0 aromatic rings. The zero-order valence-corrected chi connectivity index (χ0v) is 14.3. The molecule has 124 valence electrons. The Bertz CT molecular complexity index is 335. The van der Waals surface area contributed by atoms with Crippen molar-refractivity contribution >= 4 is 12.0 Å². The number of nitrogens with one attached hydrogen (secondary N) is 2. The van der Waals surface area contributed by atoms with Crippen LogP contribution in [-0.4, -0.2) is 29.2 Å². The smallest absolute Gasteiger partial charge is 0.315 e. The van der Waals surface area contributed by atoms with E-state index in [9.17, 15) is 9.59 Å². The van der Waals surface area contributed by atoms with Crippen molar-refractivity contribution in [1.82, 2.24) is 10.6 Å². The highest BCUT2D eigenvalue weighted by atomic mass is 16.4. The van der Waals surface area contributed by atoms with Crippen molar-refractivity contribution < 1.29 is 14.7 Å². The van der Waals surface area contributed by atoms with Crippen molar-refractivity contribution in [2.24, 2.45) is 11.3 Å². The van der Waals surface area contributed by atoms with Crippen LogP contribution in [-0.2, 0) is 4.79 Å². The zero-order chi connectivity index (χ0) is 16.6. The summed E-state index contributed by atoms with van der Waals surface area (Å²) in [7, 11) is 0. The normalized spacial score (nSPS) is 14.6. The summed E-state index contributed by atoms with van der Waals surface area (Å²) >= 11 is 0. The highest BCUT2D eigenvalue weighted by molar-refractivity contribution is 5.76. The van der Waals surface area contributed by atoms with Crippen LogP contribution in [0.1, 0.15) is 67.2 Å². The fourth-order valence-electron chi connectivity index (χ4n) is 2.08. The molecule has 0 fully saturated rings. The number of carbonyl (C=O) groups is 2. The number of carboxylic acid groups (broad SMARTS) is 1. The van der Waals surface area contributed by atoms with Crippen LogP contribution < -0.4 is 10.6 Å². The first kappa shape index (κ1) is 19.7. The van der Waals surface area contributed by atoms with E-state index in [2.05, 4.69) is 24.5 Å². The summed E-state index contributed by atoms with van der Waals surface area (Å²) in [6, 6.07) is -0.583. The Morgan fingerprint density at radius 2 is 1.62 bits per heavy atom.